The van der Waals surface area contributed by atoms with Crippen LogP contribution in [0.4, 0.5) is 0 Å². The number of aryl methyl sites for hydroxylation is 2. The molecule has 4 aromatic heterocycles. The average molecular weight is 708 g/mol. The maximum atomic E-state index is 11.9. The smallest absolute Gasteiger partial charge is 0.278 e. The lowest BCUT2D eigenvalue weighted by Crippen LogP contribution is -2.41. The van der Waals surface area contributed by atoms with E-state index in [9.17, 15) is 33.6 Å². The van der Waals surface area contributed by atoms with Gasteiger partial charge in [0.15, 0.2) is 22.3 Å². The van der Waals surface area contributed by atoms with Gasteiger partial charge in [-0.2, -0.15) is 0 Å². The summed E-state index contributed by atoms with van der Waals surface area (Å²) in [6, 6.07) is 0. The van der Waals surface area contributed by atoms with Crippen LogP contribution in [0, 0.1) is 0 Å². The molecule has 4 aromatic rings. The number of hydrogen-bond acceptors (Lipinski definition) is 11. The van der Waals surface area contributed by atoms with Crippen LogP contribution in [0.5, 0.6) is 0 Å². The summed E-state index contributed by atoms with van der Waals surface area (Å²) < 4.78 is 3.33. The van der Waals surface area contributed by atoms with E-state index in [-0.39, 0.29) is 77.6 Å². The van der Waals surface area contributed by atoms with Crippen molar-refractivity contribution >= 4 is 51.9 Å². The topological polar surface area (TPSA) is 255 Å². The Morgan fingerprint density at radius 1 is 0.627 bits per heavy atom. The van der Waals surface area contributed by atoms with E-state index < -0.39 is 0 Å². The molecule has 5 amide bonds. The molecule has 0 unspecified atom stereocenters. The van der Waals surface area contributed by atoms with Crippen molar-refractivity contribution in [3.05, 3.63) is 46.0 Å². The molecule has 0 radical (unpaired) electrons. The molecule has 0 spiro atoms. The first kappa shape index (κ1) is 36.3. The van der Waals surface area contributed by atoms with Crippen molar-refractivity contribution in [1.82, 2.24) is 64.8 Å². The Kier molecular flexibility index (Phi) is 12.6. The Bertz CT molecular complexity index is 1980. The number of carbonyl (C=O) groups is 5. The van der Waals surface area contributed by atoms with E-state index in [1.165, 1.54) is 30.2 Å². The standard InChI is InChI=1S/C16H21N7O4.C15H20N6O3/c24-11(3-7-23-10-21-14-15(23)19-9-20-16(14)27)17-4-5-18-12(25)8-22-6-1-2-13(22)26;22-11(16-5-2-7-20-6-1-3-12(20)23)4-8-21-10-19-13-14(21)17-9-18-15(13)24/h9-10H,1-8H2,(H,17,24)(H,18,25)(H,19,20,27);9-10H,1-8H2,(H,16,22)(H,17,18,24). The second kappa shape index (κ2) is 17.6. The summed E-state index contributed by atoms with van der Waals surface area (Å²) in [6.07, 6.45) is 9.69. The fraction of sp³-hybridized carbons (Fsp3) is 0.516. The summed E-state index contributed by atoms with van der Waals surface area (Å²) in [4.78, 5) is 106. The van der Waals surface area contributed by atoms with Crippen LogP contribution in [0.3, 0.4) is 0 Å². The van der Waals surface area contributed by atoms with Gasteiger partial charge in [0.1, 0.15) is 0 Å². The third-order valence-corrected chi connectivity index (χ3v) is 8.35. The molecule has 2 saturated heterocycles. The van der Waals surface area contributed by atoms with Gasteiger partial charge in [-0.25, -0.2) is 19.9 Å². The summed E-state index contributed by atoms with van der Waals surface area (Å²) in [5.41, 5.74) is 0.786. The molecule has 6 rings (SSSR count). The number of amides is 5. The van der Waals surface area contributed by atoms with E-state index in [0.29, 0.717) is 63.4 Å². The molecule has 5 N–H and O–H groups in total. The number of carbonyl (C=O) groups excluding carboxylic acids is 5. The Hall–Kier alpha value is -5.95. The lowest BCUT2D eigenvalue weighted by molar-refractivity contribution is -0.133. The van der Waals surface area contributed by atoms with Crippen molar-refractivity contribution in [2.24, 2.45) is 0 Å². The Labute approximate surface area is 290 Å². The van der Waals surface area contributed by atoms with Crippen molar-refractivity contribution in [3.63, 3.8) is 0 Å². The van der Waals surface area contributed by atoms with Crippen LogP contribution in [-0.2, 0) is 37.1 Å². The maximum absolute atomic E-state index is 11.9. The minimum atomic E-state index is -0.324. The van der Waals surface area contributed by atoms with Crippen molar-refractivity contribution in [2.75, 3.05) is 45.8 Å². The zero-order valence-corrected chi connectivity index (χ0v) is 28.1. The molecule has 272 valence electrons. The van der Waals surface area contributed by atoms with E-state index in [2.05, 4.69) is 45.9 Å². The third-order valence-electron chi connectivity index (χ3n) is 8.35. The summed E-state index contributed by atoms with van der Waals surface area (Å²) in [7, 11) is 0. The highest BCUT2D eigenvalue weighted by molar-refractivity contribution is 5.86. The van der Waals surface area contributed by atoms with E-state index >= 15 is 0 Å². The lowest BCUT2D eigenvalue weighted by atomic mass is 10.3. The molecule has 6 heterocycles. The van der Waals surface area contributed by atoms with Gasteiger partial charge in [0.05, 0.1) is 31.9 Å². The maximum Gasteiger partial charge on any atom is 0.278 e. The van der Waals surface area contributed by atoms with Gasteiger partial charge in [0.25, 0.3) is 11.1 Å². The highest BCUT2D eigenvalue weighted by Crippen LogP contribution is 2.10. The first-order valence-corrected chi connectivity index (χ1v) is 16.8. The normalized spacial score (nSPS) is 14.2. The van der Waals surface area contributed by atoms with Gasteiger partial charge >= 0.3 is 0 Å². The Balaban J connectivity index is 0.000000199. The van der Waals surface area contributed by atoms with Gasteiger partial charge in [-0.05, 0) is 19.3 Å². The molecule has 0 atom stereocenters. The van der Waals surface area contributed by atoms with Crippen LogP contribution < -0.4 is 27.1 Å². The van der Waals surface area contributed by atoms with Crippen LogP contribution in [0.25, 0.3) is 22.3 Å². The number of nitrogens with zero attached hydrogens (tertiary/aromatic N) is 8. The monoisotopic (exact) mass is 707 g/mol. The summed E-state index contributed by atoms with van der Waals surface area (Å²) in [5.74, 6) is -0.293. The molecule has 0 aliphatic carbocycles. The molecule has 2 aliphatic rings. The Morgan fingerprint density at radius 3 is 1.63 bits per heavy atom. The highest BCUT2D eigenvalue weighted by atomic mass is 16.2. The molecular formula is C31H41N13O7. The number of aromatic amines is 2. The molecule has 51 heavy (non-hydrogen) atoms. The minimum absolute atomic E-state index is 0.00181. The largest absolute Gasteiger partial charge is 0.356 e. The van der Waals surface area contributed by atoms with E-state index in [1.54, 1.807) is 9.13 Å². The molecule has 20 nitrogen and oxygen atoms in total. The molecule has 0 aromatic carbocycles. The predicted molar refractivity (Wildman–Crippen MR) is 181 cm³/mol. The Morgan fingerprint density at radius 2 is 1.12 bits per heavy atom. The number of nitrogens with one attached hydrogen (secondary N) is 5. The summed E-state index contributed by atoms with van der Waals surface area (Å²) in [6.45, 7) is 4.07. The van der Waals surface area contributed by atoms with Gasteiger partial charge in [-0.1, -0.05) is 0 Å². The van der Waals surface area contributed by atoms with Crippen molar-refractivity contribution in [1.29, 1.82) is 0 Å². The number of rotatable bonds is 15. The second-order valence-electron chi connectivity index (χ2n) is 12.0. The molecule has 0 bridgehead atoms. The first-order chi connectivity index (χ1) is 24.7. The van der Waals surface area contributed by atoms with Crippen molar-refractivity contribution in [2.45, 2.75) is 58.0 Å². The van der Waals surface area contributed by atoms with Crippen molar-refractivity contribution < 1.29 is 24.0 Å². The number of H-pyrrole nitrogens is 2. The summed E-state index contributed by atoms with van der Waals surface area (Å²) in [5, 5.41) is 8.23. The minimum Gasteiger partial charge on any atom is -0.356 e. The predicted octanol–water partition coefficient (Wildman–Crippen LogP) is -2.00. The number of hydrogen-bond donors (Lipinski definition) is 5. The molecule has 2 fully saturated rings. The molecule has 0 saturated carbocycles. The van der Waals surface area contributed by atoms with Gasteiger partial charge in [-0.15, -0.1) is 0 Å². The van der Waals surface area contributed by atoms with Gasteiger partial charge < -0.3 is 44.9 Å². The molecule has 20 heteroatoms. The second-order valence-corrected chi connectivity index (χ2v) is 12.0. The SMILES string of the molecule is O=C(CCn1cnc2c(=O)[nH]cnc21)NCCCN1CCCC1=O.O=C(CCn1cnc2c(=O)[nH]cnc21)NCCNC(=O)CN1CCCC1=O. The zero-order chi connectivity index (χ0) is 36.2. The van der Waals surface area contributed by atoms with Crippen LogP contribution in [0.2, 0.25) is 0 Å². The van der Waals surface area contributed by atoms with Crippen LogP contribution in [-0.4, -0.2) is 124 Å². The average Bonchev–Trinajstić information content (AvgIpc) is 3.92. The van der Waals surface area contributed by atoms with E-state index in [1.807, 2.05) is 4.90 Å². The van der Waals surface area contributed by atoms with Crippen molar-refractivity contribution in [3.8, 4) is 0 Å². The third kappa shape index (κ3) is 10.0. The number of likely N-dealkylation sites (tertiary alicyclic amines) is 2. The highest BCUT2D eigenvalue weighted by Gasteiger charge is 2.22. The number of imidazole rings is 2. The molecular weight excluding hydrogens is 666 g/mol. The van der Waals surface area contributed by atoms with Gasteiger partial charge in [-0.3, -0.25) is 33.6 Å². The summed E-state index contributed by atoms with van der Waals surface area (Å²) >= 11 is 0. The van der Waals surface area contributed by atoms with Gasteiger partial charge in [0, 0.05) is 78.0 Å². The van der Waals surface area contributed by atoms with E-state index in [0.717, 1.165) is 25.8 Å². The van der Waals surface area contributed by atoms with Gasteiger partial charge in [0.2, 0.25) is 29.5 Å². The zero-order valence-electron chi connectivity index (χ0n) is 28.1. The first-order valence-electron chi connectivity index (χ1n) is 16.8. The fourth-order valence-electron chi connectivity index (χ4n) is 5.67. The van der Waals surface area contributed by atoms with Crippen LogP contribution in [0.15, 0.2) is 34.9 Å². The number of aromatic nitrogens is 8. The lowest BCUT2D eigenvalue weighted by Gasteiger charge is -2.15. The molecule has 2 aliphatic heterocycles. The van der Waals surface area contributed by atoms with Crippen LogP contribution >= 0.6 is 0 Å². The van der Waals surface area contributed by atoms with E-state index in [4.69, 9.17) is 0 Å². The van der Waals surface area contributed by atoms with Crippen LogP contribution in [0.1, 0.15) is 44.9 Å². The number of fused-ring (bicyclic) bond motifs is 2. The quantitative estimate of drug-likeness (QED) is 0.0845. The fourth-order valence-corrected chi connectivity index (χ4v) is 5.67.